The largest absolute Gasteiger partial charge is 0.480 e. The van der Waals surface area contributed by atoms with Crippen LogP contribution >= 0.6 is 0 Å². The molecule has 0 aromatic heterocycles. The van der Waals surface area contributed by atoms with E-state index in [9.17, 15) is 23.9 Å². The quantitative estimate of drug-likeness (QED) is 0.580. The van der Waals surface area contributed by atoms with Gasteiger partial charge in [-0.1, -0.05) is 30.3 Å². The highest BCUT2D eigenvalue weighted by Crippen LogP contribution is 2.28. The minimum atomic E-state index is -1.18. The van der Waals surface area contributed by atoms with Gasteiger partial charge in [0.15, 0.2) is 0 Å². The normalized spacial score (nSPS) is 16.8. The fourth-order valence-corrected chi connectivity index (χ4v) is 3.91. The Balaban J connectivity index is 1.82. The summed E-state index contributed by atoms with van der Waals surface area (Å²) in [6.07, 6.45) is 1.67. The molecule has 0 saturated heterocycles. The van der Waals surface area contributed by atoms with Crippen LogP contribution < -0.4 is 10.2 Å². The fraction of sp³-hybridized carbons (Fsp3) is 0.375. The van der Waals surface area contributed by atoms with Gasteiger partial charge < -0.3 is 9.84 Å². The first-order valence-electron chi connectivity index (χ1n) is 10.7. The molecule has 0 bridgehead atoms. The Hall–Kier alpha value is -3.26. The summed E-state index contributed by atoms with van der Waals surface area (Å²) in [5, 5.41) is 12.4. The molecule has 3 rings (SSSR count). The van der Waals surface area contributed by atoms with Crippen LogP contribution in [0.15, 0.2) is 48.5 Å². The lowest BCUT2D eigenvalue weighted by Gasteiger charge is -2.27. The second-order valence-electron chi connectivity index (χ2n) is 7.68. The van der Waals surface area contributed by atoms with Gasteiger partial charge in [0.1, 0.15) is 18.4 Å². The smallest absolute Gasteiger partial charge is 0.323 e. The van der Waals surface area contributed by atoms with Crippen molar-refractivity contribution in [1.82, 2.24) is 5.32 Å². The first kappa shape index (κ1) is 23.4. The number of benzene rings is 2. The lowest BCUT2D eigenvalue weighted by atomic mass is 10.0. The zero-order valence-corrected chi connectivity index (χ0v) is 17.9. The molecule has 1 aliphatic rings. The number of esters is 1. The first-order chi connectivity index (χ1) is 15.4. The fourth-order valence-electron chi connectivity index (χ4n) is 3.91. The number of aliphatic carboxylic acids is 1. The van der Waals surface area contributed by atoms with Crippen LogP contribution in [0.5, 0.6) is 0 Å². The third-order valence-electron chi connectivity index (χ3n) is 5.43. The number of hydrogen-bond acceptors (Lipinski definition) is 5. The molecule has 170 valence electrons. The Labute approximate surface area is 186 Å². The van der Waals surface area contributed by atoms with Gasteiger partial charge in [-0.25, -0.2) is 4.39 Å². The summed E-state index contributed by atoms with van der Waals surface area (Å²) < 4.78 is 19.0. The maximum atomic E-state index is 13.8. The molecule has 0 saturated carbocycles. The molecule has 8 heteroatoms. The second-order valence-corrected chi connectivity index (χ2v) is 7.68. The molecule has 0 spiro atoms. The van der Waals surface area contributed by atoms with Crippen LogP contribution in [0.25, 0.3) is 0 Å². The highest BCUT2D eigenvalue weighted by atomic mass is 19.1. The van der Waals surface area contributed by atoms with Crippen LogP contribution in [0.3, 0.4) is 0 Å². The lowest BCUT2D eigenvalue weighted by Crippen LogP contribution is -2.53. The van der Waals surface area contributed by atoms with E-state index < -0.39 is 42.3 Å². The summed E-state index contributed by atoms with van der Waals surface area (Å²) in [5.41, 5.74) is 1.98. The molecule has 1 heterocycles. The highest BCUT2D eigenvalue weighted by Gasteiger charge is 2.34. The van der Waals surface area contributed by atoms with Gasteiger partial charge in [-0.2, -0.15) is 0 Å². The SMILES string of the molecule is CCOC(=O)C(CCc1ccccc1)NC1CCc2cc(F)ccc2N(CC(=O)O)C1=O. The Morgan fingerprint density at radius 2 is 2.00 bits per heavy atom. The average molecular weight is 442 g/mol. The van der Waals surface area contributed by atoms with Gasteiger partial charge >= 0.3 is 11.9 Å². The Morgan fingerprint density at radius 1 is 1.25 bits per heavy atom. The number of halogens is 1. The molecule has 2 atom stereocenters. The Kier molecular flexibility index (Phi) is 7.94. The molecule has 32 heavy (non-hydrogen) atoms. The topological polar surface area (TPSA) is 95.9 Å². The highest BCUT2D eigenvalue weighted by molar-refractivity contribution is 6.02. The van der Waals surface area contributed by atoms with E-state index in [1.807, 2.05) is 30.3 Å². The molecular weight excluding hydrogens is 415 g/mol. The van der Waals surface area contributed by atoms with Crippen molar-refractivity contribution in [2.75, 3.05) is 18.1 Å². The van der Waals surface area contributed by atoms with E-state index >= 15 is 0 Å². The summed E-state index contributed by atoms with van der Waals surface area (Å²) in [4.78, 5) is 38.4. The van der Waals surface area contributed by atoms with E-state index in [0.717, 1.165) is 10.5 Å². The number of hydrogen-bond donors (Lipinski definition) is 2. The van der Waals surface area contributed by atoms with Crippen LogP contribution in [0.4, 0.5) is 10.1 Å². The van der Waals surface area contributed by atoms with Crippen LogP contribution in [-0.2, 0) is 32.0 Å². The number of nitrogens with zero attached hydrogens (tertiary/aromatic N) is 1. The maximum absolute atomic E-state index is 13.8. The molecule has 7 nitrogen and oxygen atoms in total. The van der Waals surface area contributed by atoms with Gasteiger partial charge in [-0.05, 0) is 61.9 Å². The minimum absolute atomic E-state index is 0.205. The van der Waals surface area contributed by atoms with Crippen LogP contribution in [-0.4, -0.2) is 48.2 Å². The molecule has 2 aromatic carbocycles. The number of nitrogens with one attached hydrogen (secondary N) is 1. The van der Waals surface area contributed by atoms with Gasteiger partial charge in [-0.3, -0.25) is 24.6 Å². The van der Waals surface area contributed by atoms with Gasteiger partial charge in [0.25, 0.3) is 0 Å². The van der Waals surface area contributed by atoms with Crippen molar-refractivity contribution in [3.63, 3.8) is 0 Å². The van der Waals surface area contributed by atoms with E-state index in [1.165, 1.54) is 18.2 Å². The number of rotatable bonds is 9. The average Bonchev–Trinajstić information content (AvgIpc) is 2.88. The second kappa shape index (κ2) is 10.9. The van der Waals surface area contributed by atoms with E-state index in [4.69, 9.17) is 4.74 Å². The molecule has 1 amide bonds. The van der Waals surface area contributed by atoms with E-state index in [-0.39, 0.29) is 6.61 Å². The molecule has 2 unspecified atom stereocenters. The van der Waals surface area contributed by atoms with E-state index in [1.54, 1.807) is 6.92 Å². The van der Waals surface area contributed by atoms with Crippen molar-refractivity contribution in [3.05, 3.63) is 65.5 Å². The van der Waals surface area contributed by atoms with Crippen molar-refractivity contribution in [2.45, 2.75) is 44.7 Å². The van der Waals surface area contributed by atoms with Crippen molar-refractivity contribution in [2.24, 2.45) is 0 Å². The standard InChI is InChI=1S/C24H27FN2O5/c1-2-32-24(31)20(11-8-16-6-4-3-5-7-16)26-19-12-9-17-14-18(25)10-13-21(17)27(23(19)30)15-22(28)29/h3-7,10,13-14,19-20,26H,2,8-9,11-12,15H2,1H3,(H,28,29). The summed E-state index contributed by atoms with van der Waals surface area (Å²) in [6.45, 7) is 1.36. The molecule has 0 radical (unpaired) electrons. The first-order valence-corrected chi connectivity index (χ1v) is 10.7. The van der Waals surface area contributed by atoms with Gasteiger partial charge in [0, 0.05) is 5.69 Å². The lowest BCUT2D eigenvalue weighted by molar-refractivity contribution is -0.146. The zero-order chi connectivity index (χ0) is 23.1. The number of carbonyl (C=O) groups excluding carboxylic acids is 2. The van der Waals surface area contributed by atoms with E-state index in [2.05, 4.69) is 5.32 Å². The summed E-state index contributed by atoms with van der Waals surface area (Å²) in [5.74, 6) is -2.56. The molecule has 2 N–H and O–H groups in total. The predicted molar refractivity (Wildman–Crippen MR) is 117 cm³/mol. The van der Waals surface area contributed by atoms with Gasteiger partial charge in [-0.15, -0.1) is 0 Å². The maximum Gasteiger partial charge on any atom is 0.323 e. The third kappa shape index (κ3) is 5.91. The Bertz CT molecular complexity index is 966. The zero-order valence-electron chi connectivity index (χ0n) is 17.9. The summed E-state index contributed by atoms with van der Waals surface area (Å²) in [6, 6.07) is 12.0. The molecule has 0 aliphatic carbocycles. The van der Waals surface area contributed by atoms with Crippen LogP contribution in [0.1, 0.15) is 30.9 Å². The number of fused-ring (bicyclic) bond motifs is 1. The number of aryl methyl sites for hydroxylation is 2. The van der Waals surface area contributed by atoms with Crippen molar-refractivity contribution >= 4 is 23.5 Å². The van der Waals surface area contributed by atoms with Crippen molar-refractivity contribution < 1.29 is 28.6 Å². The predicted octanol–water partition coefficient (Wildman–Crippen LogP) is 2.71. The number of carboxylic acid groups (broad SMARTS) is 1. The molecule has 2 aromatic rings. The van der Waals surface area contributed by atoms with Crippen LogP contribution in [0.2, 0.25) is 0 Å². The van der Waals surface area contributed by atoms with Crippen molar-refractivity contribution in [1.29, 1.82) is 0 Å². The molecule has 0 fully saturated rings. The Morgan fingerprint density at radius 3 is 2.69 bits per heavy atom. The van der Waals surface area contributed by atoms with E-state index in [0.29, 0.717) is 36.9 Å². The van der Waals surface area contributed by atoms with Crippen LogP contribution in [0, 0.1) is 5.82 Å². The van der Waals surface area contributed by atoms with Gasteiger partial charge in [0.2, 0.25) is 5.91 Å². The molecule has 1 aliphatic heterocycles. The third-order valence-corrected chi connectivity index (χ3v) is 5.43. The monoisotopic (exact) mass is 442 g/mol. The van der Waals surface area contributed by atoms with Gasteiger partial charge in [0.05, 0.1) is 12.6 Å². The van der Waals surface area contributed by atoms with Crippen molar-refractivity contribution in [3.8, 4) is 0 Å². The summed E-state index contributed by atoms with van der Waals surface area (Å²) in [7, 11) is 0. The number of carbonyl (C=O) groups is 3. The number of carboxylic acids is 1. The summed E-state index contributed by atoms with van der Waals surface area (Å²) >= 11 is 0. The molecular formula is C24H27FN2O5. The minimum Gasteiger partial charge on any atom is -0.480 e. The number of anilines is 1. The number of ether oxygens (including phenoxy) is 1. The number of amides is 1.